The summed E-state index contributed by atoms with van der Waals surface area (Å²) in [5.74, 6) is 2.23. The van der Waals surface area contributed by atoms with E-state index < -0.39 is 0 Å². The Labute approximate surface area is 174 Å². The van der Waals surface area contributed by atoms with Crippen LogP contribution in [0.3, 0.4) is 0 Å². The number of pyridine rings is 1. The van der Waals surface area contributed by atoms with E-state index in [0.29, 0.717) is 34.2 Å². The van der Waals surface area contributed by atoms with Gasteiger partial charge < -0.3 is 9.30 Å². The van der Waals surface area contributed by atoms with Crippen molar-refractivity contribution in [3.05, 3.63) is 53.2 Å². The summed E-state index contributed by atoms with van der Waals surface area (Å²) in [6.07, 6.45) is 6.75. The molecule has 0 spiro atoms. The lowest BCUT2D eigenvalue weighted by Gasteiger charge is -2.35. The Kier molecular flexibility index (Phi) is 4.53. The van der Waals surface area contributed by atoms with Gasteiger partial charge in [-0.1, -0.05) is 38.8 Å². The zero-order chi connectivity index (χ0) is 20.8. The molecule has 0 bridgehead atoms. The van der Waals surface area contributed by atoms with Crippen LogP contribution in [-0.2, 0) is 0 Å². The van der Waals surface area contributed by atoms with E-state index in [0.717, 1.165) is 24.2 Å². The number of aromatic nitrogens is 5. The molecule has 7 nitrogen and oxygen atoms in total. The van der Waals surface area contributed by atoms with Gasteiger partial charge in [0.2, 0.25) is 0 Å². The van der Waals surface area contributed by atoms with E-state index in [2.05, 4.69) is 28.9 Å². The molecule has 5 rings (SSSR count). The highest BCUT2D eigenvalue weighted by Gasteiger charge is 2.30. The van der Waals surface area contributed by atoms with Crippen molar-refractivity contribution < 1.29 is 4.74 Å². The molecule has 1 aliphatic carbocycles. The minimum absolute atomic E-state index is 0.0267. The smallest absolute Gasteiger partial charge is 0.262 e. The molecule has 7 heteroatoms. The van der Waals surface area contributed by atoms with Crippen LogP contribution < -0.4 is 10.3 Å². The van der Waals surface area contributed by atoms with Gasteiger partial charge in [0.05, 0.1) is 23.7 Å². The summed E-state index contributed by atoms with van der Waals surface area (Å²) in [5, 5.41) is 4.93. The third kappa shape index (κ3) is 2.88. The second-order valence-corrected chi connectivity index (χ2v) is 8.29. The van der Waals surface area contributed by atoms with Crippen LogP contribution in [0.15, 0.2) is 47.7 Å². The standard InChI is InChI=1S/C23H25N5O2/c1-14-6-4-9-19(15(14)2)27-11-10-18-20(22(27)29)21(28-23(26-18)24-13-25-28)16-7-5-8-17(12-16)30-3/h5,7-8,10-15,19H,4,6,9H2,1-3H3/t14-,15-,19+/m0/s1. The lowest BCUT2D eigenvalue weighted by atomic mass is 9.78. The fraction of sp³-hybridized carbons (Fsp3) is 0.391. The number of hydrogen-bond donors (Lipinski definition) is 0. The van der Waals surface area contributed by atoms with Crippen LogP contribution in [-0.4, -0.2) is 31.3 Å². The van der Waals surface area contributed by atoms with Gasteiger partial charge >= 0.3 is 0 Å². The molecule has 4 aromatic rings. The largest absolute Gasteiger partial charge is 0.497 e. The van der Waals surface area contributed by atoms with Gasteiger partial charge in [0, 0.05) is 17.8 Å². The van der Waals surface area contributed by atoms with Crippen LogP contribution in [0.1, 0.15) is 39.2 Å². The Morgan fingerprint density at radius 2 is 2.03 bits per heavy atom. The van der Waals surface area contributed by atoms with E-state index in [9.17, 15) is 4.79 Å². The maximum atomic E-state index is 13.8. The van der Waals surface area contributed by atoms with Gasteiger partial charge in [0.15, 0.2) is 0 Å². The fourth-order valence-corrected chi connectivity index (χ4v) is 4.78. The summed E-state index contributed by atoms with van der Waals surface area (Å²) in [7, 11) is 1.63. The summed E-state index contributed by atoms with van der Waals surface area (Å²) in [4.78, 5) is 22.7. The molecule has 30 heavy (non-hydrogen) atoms. The van der Waals surface area contributed by atoms with Crippen molar-refractivity contribution in [2.75, 3.05) is 7.11 Å². The molecule has 0 unspecified atom stereocenters. The maximum Gasteiger partial charge on any atom is 0.262 e. The number of benzene rings is 1. The molecule has 0 amide bonds. The third-order valence-electron chi connectivity index (χ3n) is 6.66. The second-order valence-electron chi connectivity index (χ2n) is 8.29. The van der Waals surface area contributed by atoms with Crippen LogP contribution in [0, 0.1) is 11.8 Å². The van der Waals surface area contributed by atoms with Crippen LogP contribution in [0.5, 0.6) is 5.75 Å². The highest BCUT2D eigenvalue weighted by Crippen LogP contribution is 2.37. The van der Waals surface area contributed by atoms with E-state index in [1.165, 1.54) is 12.7 Å². The average Bonchev–Trinajstić information content (AvgIpc) is 3.23. The Bertz CT molecular complexity index is 1290. The lowest BCUT2D eigenvalue weighted by Crippen LogP contribution is -2.33. The quantitative estimate of drug-likeness (QED) is 0.515. The normalized spacial score (nSPS) is 21.9. The number of fused-ring (bicyclic) bond motifs is 2. The van der Waals surface area contributed by atoms with E-state index in [-0.39, 0.29) is 11.6 Å². The predicted octanol–water partition coefficient (Wildman–Crippen LogP) is 4.11. The average molecular weight is 403 g/mol. The van der Waals surface area contributed by atoms with Crippen LogP contribution in [0.4, 0.5) is 0 Å². The van der Waals surface area contributed by atoms with Gasteiger partial charge in [-0.05, 0) is 36.5 Å². The summed E-state index contributed by atoms with van der Waals surface area (Å²) in [6, 6.07) is 9.79. The molecule has 3 heterocycles. The zero-order valence-electron chi connectivity index (χ0n) is 17.4. The lowest BCUT2D eigenvalue weighted by molar-refractivity contribution is 0.183. The minimum atomic E-state index is -0.0267. The zero-order valence-corrected chi connectivity index (χ0v) is 17.4. The molecule has 0 radical (unpaired) electrons. The highest BCUT2D eigenvalue weighted by molar-refractivity contribution is 5.93. The molecule has 1 saturated carbocycles. The van der Waals surface area contributed by atoms with Gasteiger partial charge in [-0.25, -0.2) is 4.98 Å². The van der Waals surface area contributed by atoms with Crippen molar-refractivity contribution >= 4 is 16.7 Å². The first-order valence-corrected chi connectivity index (χ1v) is 10.5. The summed E-state index contributed by atoms with van der Waals surface area (Å²) in [5.41, 5.74) is 2.15. The predicted molar refractivity (Wildman–Crippen MR) is 116 cm³/mol. The molecule has 1 aromatic carbocycles. The Morgan fingerprint density at radius 3 is 2.87 bits per heavy atom. The first-order chi connectivity index (χ1) is 14.6. The van der Waals surface area contributed by atoms with Crippen molar-refractivity contribution in [1.29, 1.82) is 0 Å². The number of ether oxygens (including phenoxy) is 1. The van der Waals surface area contributed by atoms with Crippen LogP contribution >= 0.6 is 0 Å². The molecule has 1 fully saturated rings. The molecule has 154 valence electrons. The van der Waals surface area contributed by atoms with E-state index in [1.54, 1.807) is 11.6 Å². The van der Waals surface area contributed by atoms with Gasteiger partial charge in [-0.3, -0.25) is 4.79 Å². The first-order valence-electron chi connectivity index (χ1n) is 10.5. The van der Waals surface area contributed by atoms with E-state index in [4.69, 9.17) is 4.74 Å². The monoisotopic (exact) mass is 403 g/mol. The Hall–Kier alpha value is -3.22. The fourth-order valence-electron chi connectivity index (χ4n) is 4.78. The van der Waals surface area contributed by atoms with E-state index >= 15 is 0 Å². The number of hydrogen-bond acceptors (Lipinski definition) is 5. The maximum absolute atomic E-state index is 13.8. The van der Waals surface area contributed by atoms with Crippen molar-refractivity contribution in [2.45, 2.75) is 39.2 Å². The van der Waals surface area contributed by atoms with Crippen molar-refractivity contribution in [3.63, 3.8) is 0 Å². The van der Waals surface area contributed by atoms with Crippen molar-refractivity contribution in [3.8, 4) is 17.0 Å². The van der Waals surface area contributed by atoms with Gasteiger partial charge in [0.1, 0.15) is 12.1 Å². The molecule has 0 saturated heterocycles. The topological polar surface area (TPSA) is 74.3 Å². The molecule has 0 aliphatic heterocycles. The first kappa shape index (κ1) is 18.8. The van der Waals surface area contributed by atoms with Crippen LogP contribution in [0.25, 0.3) is 27.9 Å². The summed E-state index contributed by atoms with van der Waals surface area (Å²) < 4.78 is 8.97. The summed E-state index contributed by atoms with van der Waals surface area (Å²) in [6.45, 7) is 4.54. The Morgan fingerprint density at radius 1 is 1.17 bits per heavy atom. The molecular formula is C23H25N5O2. The van der Waals surface area contributed by atoms with Crippen molar-refractivity contribution in [1.82, 2.24) is 24.1 Å². The molecule has 0 N–H and O–H groups in total. The van der Waals surface area contributed by atoms with Crippen LogP contribution in [0.2, 0.25) is 0 Å². The molecule has 3 atom stereocenters. The van der Waals surface area contributed by atoms with Gasteiger partial charge in [0.25, 0.3) is 11.3 Å². The molecule has 1 aliphatic rings. The molecular weight excluding hydrogens is 378 g/mol. The Balaban J connectivity index is 1.82. The second kappa shape index (κ2) is 7.23. The highest BCUT2D eigenvalue weighted by atomic mass is 16.5. The number of nitrogens with zero attached hydrogens (tertiary/aromatic N) is 5. The number of methoxy groups -OCH3 is 1. The molecule has 3 aromatic heterocycles. The SMILES string of the molecule is COc1cccc(-c2c3c(=O)n([C@@H]4CCC[C@H](C)[C@@H]4C)ccc3nc3ncnn23)c1. The van der Waals surface area contributed by atoms with E-state index in [1.807, 2.05) is 41.1 Å². The van der Waals surface area contributed by atoms with Gasteiger partial charge in [-0.2, -0.15) is 14.6 Å². The van der Waals surface area contributed by atoms with Crippen molar-refractivity contribution in [2.24, 2.45) is 11.8 Å². The summed E-state index contributed by atoms with van der Waals surface area (Å²) >= 11 is 0. The minimum Gasteiger partial charge on any atom is -0.497 e. The third-order valence-corrected chi connectivity index (χ3v) is 6.66. The van der Waals surface area contributed by atoms with Gasteiger partial charge in [-0.15, -0.1) is 0 Å². The number of rotatable bonds is 3.